The van der Waals surface area contributed by atoms with Gasteiger partial charge in [0.15, 0.2) is 5.13 Å². The lowest BCUT2D eigenvalue weighted by Crippen LogP contribution is -2.50. The Morgan fingerprint density at radius 3 is 2.12 bits per heavy atom. The molecule has 14 heteroatoms. The number of rotatable bonds is 9. The van der Waals surface area contributed by atoms with Gasteiger partial charge in [-0.15, -0.1) is 0 Å². The number of methoxy groups -OCH3 is 1. The molecule has 2 aromatic heterocycles. The molecule has 278 valence electrons. The third-order valence-corrected chi connectivity index (χ3v) is 8.38. The number of nitrogens with one attached hydrogen (secondary N) is 1. The van der Waals surface area contributed by atoms with Crippen molar-refractivity contribution in [3.05, 3.63) is 77.5 Å². The van der Waals surface area contributed by atoms with E-state index in [-0.39, 0.29) is 18.3 Å². The van der Waals surface area contributed by atoms with E-state index in [0.29, 0.717) is 27.1 Å². The van der Waals surface area contributed by atoms with Crippen molar-refractivity contribution in [1.29, 1.82) is 0 Å². The molecule has 0 saturated carbocycles. The number of alkyl halides is 3. The highest BCUT2D eigenvalue weighted by atomic mass is 32.1. The van der Waals surface area contributed by atoms with Crippen LogP contribution in [0.2, 0.25) is 0 Å². The lowest BCUT2D eigenvalue weighted by molar-refractivity contribution is -0.137. The Labute approximate surface area is 300 Å². The van der Waals surface area contributed by atoms with Gasteiger partial charge in [0, 0.05) is 30.7 Å². The monoisotopic (exact) mass is 734 g/mol. The van der Waals surface area contributed by atoms with E-state index in [1.165, 1.54) is 47.7 Å². The van der Waals surface area contributed by atoms with Crippen LogP contribution in [0.4, 0.5) is 32.3 Å². The van der Waals surface area contributed by atoms with E-state index in [1.54, 1.807) is 60.6 Å². The number of nitrogens with zero attached hydrogens (tertiary/aromatic N) is 3. The molecule has 51 heavy (non-hydrogen) atoms. The third-order valence-electron chi connectivity index (χ3n) is 7.21. The Balaban J connectivity index is 0.00000345. The number of benzene rings is 2. The number of aromatic nitrogens is 2. The quantitative estimate of drug-likeness (QED) is 0.135. The molecule has 0 aliphatic carbocycles. The number of carbonyl (C=O) groups excluding carboxylic acids is 2. The zero-order valence-electron chi connectivity index (χ0n) is 30.6. The Morgan fingerprint density at radius 1 is 0.922 bits per heavy atom. The Hall–Kier alpha value is -4.30. The summed E-state index contributed by atoms with van der Waals surface area (Å²) in [5, 5.41) is 4.37. The number of thiazole rings is 1. The second-order valence-electron chi connectivity index (χ2n) is 13.5. The van der Waals surface area contributed by atoms with Crippen LogP contribution in [-0.4, -0.2) is 53.1 Å². The first kappa shape index (κ1) is 41.1. The summed E-state index contributed by atoms with van der Waals surface area (Å²) in [6.07, 6.45) is -4.64. The molecule has 0 aliphatic rings. The minimum Gasteiger partial charge on any atom is -0.444 e. The number of carbonyl (C=O) groups is 2. The first-order valence-electron chi connectivity index (χ1n) is 16.5. The van der Waals surface area contributed by atoms with Gasteiger partial charge in [-0.3, -0.25) is 4.90 Å². The lowest BCUT2D eigenvalue weighted by atomic mass is 9.92. The zero-order valence-corrected chi connectivity index (χ0v) is 31.4. The smallest absolute Gasteiger partial charge is 0.416 e. The van der Waals surface area contributed by atoms with Gasteiger partial charge in [-0.25, -0.2) is 19.6 Å². The van der Waals surface area contributed by atoms with Crippen LogP contribution in [0.5, 0.6) is 0 Å². The predicted octanol–water partition coefficient (Wildman–Crippen LogP) is 10.1. The summed E-state index contributed by atoms with van der Waals surface area (Å²) in [5.41, 5.74) is -0.902. The van der Waals surface area contributed by atoms with Gasteiger partial charge in [0.05, 0.1) is 35.3 Å². The van der Waals surface area contributed by atoms with Crippen molar-refractivity contribution < 1.29 is 41.4 Å². The van der Waals surface area contributed by atoms with Gasteiger partial charge in [-0.2, -0.15) is 17.6 Å². The number of amides is 2. The predicted molar refractivity (Wildman–Crippen MR) is 191 cm³/mol. The molecular formula is C37H46F4N4O5S. The molecule has 2 heterocycles. The Kier molecular flexibility index (Phi) is 13.6. The maximum absolute atomic E-state index is 14.0. The molecule has 0 radical (unpaired) electrons. The van der Waals surface area contributed by atoms with Crippen molar-refractivity contribution in [3.63, 3.8) is 0 Å². The third kappa shape index (κ3) is 11.6. The van der Waals surface area contributed by atoms with Crippen LogP contribution in [0.25, 0.3) is 21.2 Å². The molecule has 1 N–H and O–H groups in total. The summed E-state index contributed by atoms with van der Waals surface area (Å²) in [4.78, 5) is 37.4. The summed E-state index contributed by atoms with van der Waals surface area (Å²) in [6, 6.07) is 10.5. The van der Waals surface area contributed by atoms with Gasteiger partial charge in [0.25, 0.3) is 0 Å². The minimum atomic E-state index is -4.53. The van der Waals surface area contributed by atoms with E-state index in [9.17, 15) is 27.2 Å². The molecule has 0 aliphatic heterocycles. The Morgan fingerprint density at radius 2 is 1.55 bits per heavy atom. The maximum Gasteiger partial charge on any atom is 0.416 e. The summed E-state index contributed by atoms with van der Waals surface area (Å²) < 4.78 is 70.7. The summed E-state index contributed by atoms with van der Waals surface area (Å²) >= 11 is 1.17. The van der Waals surface area contributed by atoms with E-state index >= 15 is 0 Å². The molecule has 0 spiro atoms. The lowest BCUT2D eigenvalue weighted by Gasteiger charge is -2.32. The average Bonchev–Trinajstić information content (AvgIpc) is 3.44. The van der Waals surface area contributed by atoms with Crippen LogP contribution in [0.15, 0.2) is 54.7 Å². The first-order valence-corrected chi connectivity index (χ1v) is 17.3. The van der Waals surface area contributed by atoms with E-state index < -0.39 is 53.0 Å². The number of pyridine rings is 1. The van der Waals surface area contributed by atoms with Crippen LogP contribution in [0, 0.1) is 5.95 Å². The number of halogens is 4. The molecular weight excluding hydrogens is 688 g/mol. The van der Waals surface area contributed by atoms with Gasteiger partial charge in [0.1, 0.15) is 11.2 Å². The van der Waals surface area contributed by atoms with Gasteiger partial charge in [-0.05, 0) is 76.3 Å². The van der Waals surface area contributed by atoms with E-state index in [4.69, 9.17) is 19.2 Å². The molecule has 0 bridgehead atoms. The fraction of sp³-hybridized carbons (Fsp3) is 0.459. The fourth-order valence-corrected chi connectivity index (χ4v) is 5.98. The van der Waals surface area contributed by atoms with Crippen LogP contribution >= 0.6 is 11.3 Å². The Bertz CT molecular complexity index is 1780. The van der Waals surface area contributed by atoms with Gasteiger partial charge in [0.2, 0.25) is 5.95 Å². The fourth-order valence-electron chi connectivity index (χ4n) is 4.91. The molecule has 2 amide bonds. The zero-order chi connectivity index (χ0) is 38.3. The van der Waals surface area contributed by atoms with E-state index in [1.807, 2.05) is 19.9 Å². The second kappa shape index (κ2) is 16.8. The molecule has 4 aromatic rings. The summed E-state index contributed by atoms with van der Waals surface area (Å²) in [7, 11) is 1.50. The molecule has 9 nitrogen and oxygen atoms in total. The number of hydrogen-bond acceptors (Lipinski definition) is 8. The topological polar surface area (TPSA) is 103 Å². The molecule has 2 atom stereocenters. The highest BCUT2D eigenvalue weighted by molar-refractivity contribution is 7.19. The number of ether oxygens (including phenoxy) is 3. The average molecular weight is 735 g/mol. The summed E-state index contributed by atoms with van der Waals surface area (Å²) in [6.45, 7) is 15.8. The molecule has 4 rings (SSSR count). The van der Waals surface area contributed by atoms with Crippen molar-refractivity contribution >= 4 is 39.4 Å². The molecule has 2 aromatic carbocycles. The van der Waals surface area contributed by atoms with Gasteiger partial charge >= 0.3 is 18.4 Å². The van der Waals surface area contributed by atoms with E-state index in [2.05, 4.69) is 10.3 Å². The van der Waals surface area contributed by atoms with E-state index in [0.717, 1.165) is 17.5 Å². The van der Waals surface area contributed by atoms with Crippen LogP contribution < -0.4 is 10.2 Å². The van der Waals surface area contributed by atoms with Gasteiger partial charge in [-0.1, -0.05) is 56.4 Å². The summed E-state index contributed by atoms with van der Waals surface area (Å²) in [5.74, 6) is -1.24. The number of alkyl carbamates (subject to hydrolysis) is 1. The first-order chi connectivity index (χ1) is 23.7. The van der Waals surface area contributed by atoms with Crippen molar-refractivity contribution in [2.45, 2.75) is 98.3 Å². The number of fused-ring (bicyclic) bond motifs is 1. The maximum atomic E-state index is 14.0. The van der Waals surface area contributed by atoms with Gasteiger partial charge < -0.3 is 19.5 Å². The molecule has 0 unspecified atom stereocenters. The standard InChI is InChI=1S/C35H40F4N4O5S.C2H6/c1-20(21-11-13-25(14-12-21)35(37,38)39)26(42-31(44)47-33(2,3)4)18-43(32(45)48-34(5,6)7)30-41-27(19-46-8)29(49-30)22-9-10-23-17-40-28(36)16-24(23)15-22;1-2/h9-17,20,26H,18-19H2,1-8H3,(H,42,44);1-2H3/t20-,26+;/m0./s1. The SMILES string of the molecule is CC.COCc1nc(N(C[C@@H](NC(=O)OC(C)(C)C)[C@@H](C)c2ccc(C(F)(F)F)cc2)C(=O)OC(C)(C)C)sc1-c1ccc2cnc(F)cc2c1. The minimum absolute atomic E-state index is 0.0816. The van der Waals surface area contributed by atoms with Crippen molar-refractivity contribution in [2.24, 2.45) is 0 Å². The number of anilines is 1. The van der Waals surface area contributed by atoms with Crippen LogP contribution in [0.1, 0.15) is 85.1 Å². The number of hydrogen-bond donors (Lipinski definition) is 1. The normalized spacial score (nSPS) is 13.1. The van der Waals surface area contributed by atoms with Crippen LogP contribution in [0.3, 0.4) is 0 Å². The second-order valence-corrected chi connectivity index (χ2v) is 14.5. The van der Waals surface area contributed by atoms with Crippen molar-refractivity contribution in [1.82, 2.24) is 15.3 Å². The molecule has 0 fully saturated rings. The van der Waals surface area contributed by atoms with Crippen molar-refractivity contribution in [2.75, 3.05) is 18.6 Å². The van der Waals surface area contributed by atoms with Crippen molar-refractivity contribution in [3.8, 4) is 10.4 Å². The molecule has 0 saturated heterocycles. The highest BCUT2D eigenvalue weighted by Crippen LogP contribution is 2.38. The highest BCUT2D eigenvalue weighted by Gasteiger charge is 2.34. The van der Waals surface area contributed by atoms with Crippen LogP contribution in [-0.2, 0) is 27.0 Å². The largest absolute Gasteiger partial charge is 0.444 e.